The van der Waals surface area contributed by atoms with Crippen molar-refractivity contribution in [3.05, 3.63) is 12.2 Å². The molecular formula is C63H123NO5. The average molecular weight is 975 g/mol. The minimum absolute atomic E-state index is 0.0182. The summed E-state index contributed by atoms with van der Waals surface area (Å²) >= 11 is 0. The minimum Gasteiger partial charge on any atom is -0.466 e. The highest BCUT2D eigenvalue weighted by atomic mass is 16.5. The lowest BCUT2D eigenvalue weighted by atomic mass is 10.0. The summed E-state index contributed by atoms with van der Waals surface area (Å²) < 4.78 is 5.48. The second kappa shape index (κ2) is 59.2. The lowest BCUT2D eigenvalue weighted by Crippen LogP contribution is -2.45. The number of rotatable bonds is 59. The molecule has 6 nitrogen and oxygen atoms in total. The fourth-order valence-corrected chi connectivity index (χ4v) is 9.99. The molecule has 410 valence electrons. The zero-order valence-electron chi connectivity index (χ0n) is 46.8. The van der Waals surface area contributed by atoms with Crippen LogP contribution in [0.25, 0.3) is 0 Å². The van der Waals surface area contributed by atoms with Gasteiger partial charge in [-0.2, -0.15) is 0 Å². The molecule has 0 saturated heterocycles. The molecule has 0 aromatic carbocycles. The summed E-state index contributed by atoms with van der Waals surface area (Å²) in [6, 6.07) is -0.537. The second-order valence-electron chi connectivity index (χ2n) is 21.7. The summed E-state index contributed by atoms with van der Waals surface area (Å²) in [5.74, 6) is -0.0153. The average Bonchev–Trinajstić information content (AvgIpc) is 3.35. The maximum atomic E-state index is 12.4. The van der Waals surface area contributed by atoms with E-state index in [-0.39, 0.29) is 18.5 Å². The highest BCUT2D eigenvalue weighted by Crippen LogP contribution is 2.18. The van der Waals surface area contributed by atoms with Crippen LogP contribution >= 0.6 is 0 Å². The first kappa shape index (κ1) is 67.6. The molecule has 3 N–H and O–H groups in total. The van der Waals surface area contributed by atoms with Crippen molar-refractivity contribution in [1.29, 1.82) is 0 Å². The summed E-state index contributed by atoms with van der Waals surface area (Å²) in [5, 5.41) is 23.2. The van der Waals surface area contributed by atoms with Crippen molar-refractivity contribution in [1.82, 2.24) is 5.32 Å². The van der Waals surface area contributed by atoms with Gasteiger partial charge in [-0.3, -0.25) is 9.59 Å². The number of hydrogen-bond acceptors (Lipinski definition) is 5. The number of nitrogens with one attached hydrogen (secondary N) is 1. The van der Waals surface area contributed by atoms with E-state index in [0.29, 0.717) is 25.9 Å². The topological polar surface area (TPSA) is 95.9 Å². The molecule has 0 rings (SSSR count). The number of carbonyl (C=O) groups is 2. The van der Waals surface area contributed by atoms with Crippen LogP contribution in [0, 0.1) is 0 Å². The van der Waals surface area contributed by atoms with E-state index in [1.54, 1.807) is 0 Å². The Bertz CT molecular complexity index is 1030. The first-order valence-electron chi connectivity index (χ1n) is 31.4. The van der Waals surface area contributed by atoms with Gasteiger partial charge in [-0.05, 0) is 51.4 Å². The Labute approximate surface area is 431 Å². The number of ether oxygens (including phenoxy) is 1. The van der Waals surface area contributed by atoms with Crippen LogP contribution in [-0.2, 0) is 14.3 Å². The molecule has 69 heavy (non-hydrogen) atoms. The van der Waals surface area contributed by atoms with Crippen molar-refractivity contribution in [2.75, 3.05) is 13.2 Å². The third-order valence-electron chi connectivity index (χ3n) is 14.8. The molecule has 6 heteroatoms. The SMILES string of the molecule is CCCCCCCCCCCCCCC(=O)OCCCCCCCCCCCCCC/C=C\CCCCCCCCCCCCCCCCC(=O)NC(CO)C(O)CCCCCCCCCCCC. The van der Waals surface area contributed by atoms with E-state index >= 15 is 0 Å². The third-order valence-corrected chi connectivity index (χ3v) is 14.8. The second-order valence-corrected chi connectivity index (χ2v) is 21.7. The fraction of sp³-hybridized carbons (Fsp3) is 0.937. The summed E-state index contributed by atoms with van der Waals surface area (Å²) in [6.07, 6.45) is 71.0. The largest absolute Gasteiger partial charge is 0.466 e. The van der Waals surface area contributed by atoms with Gasteiger partial charge in [0.05, 0.1) is 25.4 Å². The number of hydrogen-bond donors (Lipinski definition) is 3. The molecule has 0 fully saturated rings. The zero-order valence-corrected chi connectivity index (χ0v) is 46.8. The Morgan fingerprint density at radius 1 is 0.391 bits per heavy atom. The van der Waals surface area contributed by atoms with Crippen LogP contribution in [-0.4, -0.2) is 47.4 Å². The standard InChI is InChI=1S/C63H123NO5/c1-3-5-7-9-11-13-15-37-41-45-49-53-57-63(68)69-58-54-50-46-42-38-35-33-31-29-27-25-23-21-19-17-16-18-20-22-24-26-28-30-32-34-36-40-44-48-52-56-62(67)64-60(59-65)61(66)55-51-47-43-39-14-12-10-8-6-4-2/h17,19,60-61,65-66H,3-16,18,20-59H2,1-2H3,(H,64,67)/b19-17-. The quantitative estimate of drug-likeness (QED) is 0.0321. The van der Waals surface area contributed by atoms with Gasteiger partial charge >= 0.3 is 5.97 Å². The van der Waals surface area contributed by atoms with Crippen LogP contribution in [0.2, 0.25) is 0 Å². The van der Waals surface area contributed by atoms with E-state index in [1.165, 1.54) is 283 Å². The van der Waals surface area contributed by atoms with Gasteiger partial charge in [0, 0.05) is 12.8 Å². The van der Waals surface area contributed by atoms with Crippen molar-refractivity contribution in [2.24, 2.45) is 0 Å². The van der Waals surface area contributed by atoms with Gasteiger partial charge in [-0.1, -0.05) is 302 Å². The van der Waals surface area contributed by atoms with E-state index in [0.717, 1.165) is 38.5 Å². The lowest BCUT2D eigenvalue weighted by molar-refractivity contribution is -0.143. The summed E-state index contributed by atoms with van der Waals surface area (Å²) in [7, 11) is 0. The Hall–Kier alpha value is -1.40. The van der Waals surface area contributed by atoms with Gasteiger partial charge in [0.2, 0.25) is 5.91 Å². The first-order chi connectivity index (χ1) is 34.0. The van der Waals surface area contributed by atoms with Gasteiger partial charge in [0.15, 0.2) is 0 Å². The highest BCUT2D eigenvalue weighted by molar-refractivity contribution is 5.76. The number of carbonyl (C=O) groups excluding carboxylic acids is 2. The molecule has 0 saturated carbocycles. The lowest BCUT2D eigenvalue weighted by Gasteiger charge is -2.22. The Morgan fingerprint density at radius 3 is 1.03 bits per heavy atom. The monoisotopic (exact) mass is 974 g/mol. The number of esters is 1. The maximum Gasteiger partial charge on any atom is 0.305 e. The molecule has 2 unspecified atom stereocenters. The Kier molecular flexibility index (Phi) is 58.0. The van der Waals surface area contributed by atoms with E-state index in [9.17, 15) is 19.8 Å². The minimum atomic E-state index is -0.660. The third kappa shape index (κ3) is 55.8. The van der Waals surface area contributed by atoms with Gasteiger partial charge in [-0.15, -0.1) is 0 Å². The van der Waals surface area contributed by atoms with Gasteiger partial charge in [0.1, 0.15) is 0 Å². The summed E-state index contributed by atoms with van der Waals surface area (Å²) in [6.45, 7) is 4.96. The molecular weight excluding hydrogens is 851 g/mol. The number of allylic oxidation sites excluding steroid dienone is 2. The predicted molar refractivity (Wildman–Crippen MR) is 301 cm³/mol. The van der Waals surface area contributed by atoms with Gasteiger partial charge in [0.25, 0.3) is 0 Å². The zero-order chi connectivity index (χ0) is 50.0. The molecule has 0 aliphatic rings. The predicted octanol–water partition coefficient (Wildman–Crippen LogP) is 19.6. The smallest absolute Gasteiger partial charge is 0.305 e. The van der Waals surface area contributed by atoms with Crippen LogP contribution in [0.3, 0.4) is 0 Å². The van der Waals surface area contributed by atoms with Crippen molar-refractivity contribution in [3.8, 4) is 0 Å². The van der Waals surface area contributed by atoms with E-state index < -0.39 is 12.1 Å². The molecule has 0 radical (unpaired) electrons. The Morgan fingerprint density at radius 2 is 0.681 bits per heavy atom. The van der Waals surface area contributed by atoms with Crippen LogP contribution in [0.4, 0.5) is 0 Å². The number of aliphatic hydroxyl groups excluding tert-OH is 2. The highest BCUT2D eigenvalue weighted by Gasteiger charge is 2.20. The molecule has 0 heterocycles. The van der Waals surface area contributed by atoms with Crippen LogP contribution in [0.1, 0.15) is 354 Å². The summed E-state index contributed by atoms with van der Waals surface area (Å²) in [5.41, 5.74) is 0. The van der Waals surface area contributed by atoms with Crippen molar-refractivity contribution in [2.45, 2.75) is 366 Å². The molecule has 0 aromatic rings. The molecule has 0 spiro atoms. The number of aliphatic hydroxyl groups is 2. The van der Waals surface area contributed by atoms with Crippen molar-refractivity contribution >= 4 is 11.9 Å². The fourth-order valence-electron chi connectivity index (χ4n) is 9.99. The van der Waals surface area contributed by atoms with Crippen molar-refractivity contribution < 1.29 is 24.5 Å². The van der Waals surface area contributed by atoms with Gasteiger partial charge < -0.3 is 20.3 Å². The normalized spacial score (nSPS) is 12.6. The molecule has 1 amide bonds. The van der Waals surface area contributed by atoms with E-state index in [4.69, 9.17) is 4.74 Å². The molecule has 0 aromatic heterocycles. The van der Waals surface area contributed by atoms with Crippen LogP contribution in [0.5, 0.6) is 0 Å². The Balaban J connectivity index is 3.33. The number of unbranched alkanes of at least 4 members (excludes halogenated alkanes) is 46. The first-order valence-corrected chi connectivity index (χ1v) is 31.4. The van der Waals surface area contributed by atoms with Gasteiger partial charge in [-0.25, -0.2) is 0 Å². The molecule has 0 aliphatic heterocycles. The van der Waals surface area contributed by atoms with Crippen LogP contribution < -0.4 is 5.32 Å². The maximum absolute atomic E-state index is 12.4. The van der Waals surface area contributed by atoms with Crippen LogP contribution in [0.15, 0.2) is 12.2 Å². The van der Waals surface area contributed by atoms with E-state index in [1.807, 2.05) is 0 Å². The van der Waals surface area contributed by atoms with Crippen molar-refractivity contribution in [3.63, 3.8) is 0 Å². The number of amides is 1. The summed E-state index contributed by atoms with van der Waals surface area (Å²) in [4.78, 5) is 24.4. The molecule has 0 aliphatic carbocycles. The molecule has 0 bridgehead atoms. The van der Waals surface area contributed by atoms with E-state index in [2.05, 4.69) is 31.3 Å². The molecule has 2 atom stereocenters.